The van der Waals surface area contributed by atoms with E-state index < -0.39 is 5.91 Å². The molecule has 0 spiro atoms. The van der Waals surface area contributed by atoms with Crippen LogP contribution in [0.5, 0.6) is 0 Å². The first-order valence-electron chi connectivity index (χ1n) is 6.65. The molecule has 4 nitrogen and oxygen atoms in total. The maximum absolute atomic E-state index is 12.2. The van der Waals surface area contributed by atoms with Crippen LogP contribution in [-0.2, 0) is 9.59 Å². The monoisotopic (exact) mass is 300 g/mol. The van der Waals surface area contributed by atoms with Crippen LogP contribution >= 0.6 is 12.2 Å². The zero-order chi connectivity index (χ0) is 15.4. The lowest BCUT2D eigenvalue weighted by atomic mass is 10.1. The predicted octanol–water partition coefficient (Wildman–Crippen LogP) is 2.20. The molecule has 1 N–H and O–H groups in total. The summed E-state index contributed by atoms with van der Waals surface area (Å²) in [6.45, 7) is 4.24. The van der Waals surface area contributed by atoms with Crippen molar-refractivity contribution in [3.63, 3.8) is 0 Å². The number of amides is 2. The van der Waals surface area contributed by atoms with E-state index in [4.69, 9.17) is 12.2 Å². The average Bonchev–Trinajstić information content (AvgIpc) is 2.44. The van der Waals surface area contributed by atoms with Crippen molar-refractivity contribution < 1.29 is 9.59 Å². The van der Waals surface area contributed by atoms with Gasteiger partial charge in [-0.15, -0.1) is 0 Å². The van der Waals surface area contributed by atoms with Crippen molar-refractivity contribution in [2.45, 2.75) is 13.8 Å². The first-order chi connectivity index (χ1) is 10.0. The second-order valence-corrected chi connectivity index (χ2v) is 4.99. The Balaban J connectivity index is 2.24. The molecule has 1 fully saturated rings. The maximum atomic E-state index is 12.2. The number of thiocarbonyl (C=S) groups is 1. The molecule has 108 valence electrons. The van der Waals surface area contributed by atoms with Crippen LogP contribution in [0.2, 0.25) is 0 Å². The van der Waals surface area contributed by atoms with Gasteiger partial charge in [0.15, 0.2) is 5.11 Å². The number of rotatable bonds is 3. The van der Waals surface area contributed by atoms with Gasteiger partial charge >= 0.3 is 0 Å². The molecule has 5 heteroatoms. The van der Waals surface area contributed by atoms with E-state index in [0.717, 1.165) is 11.1 Å². The van der Waals surface area contributed by atoms with Crippen molar-refractivity contribution in [3.05, 3.63) is 53.1 Å². The maximum Gasteiger partial charge on any atom is 0.265 e. The number of nitrogens with one attached hydrogen (secondary N) is 1. The number of likely N-dealkylation sites (N-methyl/N-ethyl adjacent to an activating group) is 1. The molecular weight excluding hydrogens is 284 g/mol. The number of allylic oxidation sites excluding steroid dienone is 2. The van der Waals surface area contributed by atoms with Crippen LogP contribution in [-0.4, -0.2) is 28.4 Å². The smallest absolute Gasteiger partial charge is 0.265 e. The van der Waals surface area contributed by atoms with Gasteiger partial charge in [0.25, 0.3) is 11.8 Å². The van der Waals surface area contributed by atoms with Gasteiger partial charge < -0.3 is 0 Å². The van der Waals surface area contributed by atoms with E-state index in [2.05, 4.69) is 5.32 Å². The molecule has 1 aromatic carbocycles. The molecule has 1 aromatic rings. The molecule has 2 amide bonds. The lowest BCUT2D eigenvalue weighted by Gasteiger charge is -2.27. The number of carbonyl (C=O) groups is 2. The fourth-order valence-electron chi connectivity index (χ4n) is 2.02. The third-order valence-electron chi connectivity index (χ3n) is 3.23. The summed E-state index contributed by atoms with van der Waals surface area (Å²) in [4.78, 5) is 25.4. The van der Waals surface area contributed by atoms with Crippen LogP contribution in [0.25, 0.3) is 6.08 Å². The van der Waals surface area contributed by atoms with E-state index in [0.29, 0.717) is 6.54 Å². The summed E-state index contributed by atoms with van der Waals surface area (Å²) >= 11 is 4.97. The number of nitrogens with zero attached hydrogens (tertiary/aromatic N) is 1. The molecule has 0 unspecified atom stereocenters. The van der Waals surface area contributed by atoms with E-state index in [1.165, 1.54) is 11.0 Å². The summed E-state index contributed by atoms with van der Waals surface area (Å²) in [5, 5.41) is 2.68. The van der Waals surface area contributed by atoms with Crippen LogP contribution in [0.4, 0.5) is 0 Å². The van der Waals surface area contributed by atoms with Gasteiger partial charge in [-0.1, -0.05) is 36.4 Å². The van der Waals surface area contributed by atoms with Gasteiger partial charge in [0, 0.05) is 6.54 Å². The zero-order valence-corrected chi connectivity index (χ0v) is 12.7. The molecule has 0 radical (unpaired) electrons. The predicted molar refractivity (Wildman–Crippen MR) is 86.4 cm³/mol. The first-order valence-corrected chi connectivity index (χ1v) is 7.06. The third-order valence-corrected chi connectivity index (χ3v) is 3.55. The SMILES string of the molecule is CCN1C(=O)/C(=C\C=C\c2ccccc2C)C(=O)NC1=S. The average molecular weight is 300 g/mol. The minimum Gasteiger partial charge on any atom is -0.298 e. The molecule has 0 bridgehead atoms. The van der Waals surface area contributed by atoms with Gasteiger partial charge in [0.1, 0.15) is 5.57 Å². The van der Waals surface area contributed by atoms with Gasteiger partial charge in [-0.3, -0.25) is 19.8 Å². The Morgan fingerprint density at radius 2 is 2.00 bits per heavy atom. The Morgan fingerprint density at radius 3 is 2.67 bits per heavy atom. The summed E-state index contributed by atoms with van der Waals surface area (Å²) < 4.78 is 0. The fraction of sp³-hybridized carbons (Fsp3) is 0.188. The van der Waals surface area contributed by atoms with Gasteiger partial charge in [0.2, 0.25) is 0 Å². The normalized spacial score (nSPS) is 17.7. The van der Waals surface area contributed by atoms with E-state index in [-0.39, 0.29) is 16.6 Å². The van der Waals surface area contributed by atoms with E-state index in [9.17, 15) is 9.59 Å². The highest BCUT2D eigenvalue weighted by Gasteiger charge is 2.31. The molecule has 0 atom stereocenters. The van der Waals surface area contributed by atoms with Gasteiger partial charge in [0.05, 0.1) is 0 Å². The molecule has 2 rings (SSSR count). The summed E-state index contributed by atoms with van der Waals surface area (Å²) in [7, 11) is 0. The molecule has 21 heavy (non-hydrogen) atoms. The Bertz CT molecular complexity index is 662. The standard InChI is InChI=1S/C16H16N2O2S/c1-3-18-15(20)13(14(19)17-16(18)21)10-6-9-12-8-5-4-7-11(12)2/h4-10H,3H2,1-2H3,(H,17,19,21)/b9-6+,13-10-. The molecular formula is C16H16N2O2S. The number of aryl methyl sites for hydroxylation is 1. The summed E-state index contributed by atoms with van der Waals surface area (Å²) in [5.41, 5.74) is 2.26. The second kappa shape index (κ2) is 6.45. The van der Waals surface area contributed by atoms with Crippen LogP contribution in [0, 0.1) is 6.92 Å². The van der Waals surface area contributed by atoms with Crippen molar-refractivity contribution in [2.75, 3.05) is 6.54 Å². The van der Waals surface area contributed by atoms with Gasteiger partial charge in [-0.05, 0) is 43.3 Å². The lowest BCUT2D eigenvalue weighted by molar-refractivity contribution is -0.128. The lowest BCUT2D eigenvalue weighted by Crippen LogP contribution is -2.53. The molecule has 0 saturated carbocycles. The zero-order valence-electron chi connectivity index (χ0n) is 11.9. The van der Waals surface area contributed by atoms with Crippen molar-refractivity contribution in [1.29, 1.82) is 0 Å². The Labute approximate surface area is 129 Å². The van der Waals surface area contributed by atoms with Crippen LogP contribution in [0.1, 0.15) is 18.1 Å². The van der Waals surface area contributed by atoms with Crippen molar-refractivity contribution in [1.82, 2.24) is 10.2 Å². The Hall–Kier alpha value is -2.27. The first kappa shape index (κ1) is 15.1. The van der Waals surface area contributed by atoms with Gasteiger partial charge in [-0.25, -0.2) is 0 Å². The number of benzene rings is 1. The molecule has 0 aliphatic carbocycles. The van der Waals surface area contributed by atoms with Crippen molar-refractivity contribution in [2.24, 2.45) is 0 Å². The minimum atomic E-state index is -0.455. The molecule has 1 aliphatic heterocycles. The third kappa shape index (κ3) is 3.25. The number of carbonyl (C=O) groups excluding carboxylic acids is 2. The largest absolute Gasteiger partial charge is 0.298 e. The topological polar surface area (TPSA) is 49.4 Å². The molecule has 1 heterocycles. The summed E-state index contributed by atoms with van der Waals surface area (Å²) in [6, 6.07) is 7.88. The molecule has 1 aliphatic rings. The Kier molecular flexibility index (Phi) is 4.65. The Morgan fingerprint density at radius 1 is 1.29 bits per heavy atom. The highest BCUT2D eigenvalue weighted by molar-refractivity contribution is 7.80. The quantitative estimate of drug-likeness (QED) is 0.529. The number of hydrogen-bond donors (Lipinski definition) is 1. The van der Waals surface area contributed by atoms with Gasteiger partial charge in [-0.2, -0.15) is 0 Å². The highest BCUT2D eigenvalue weighted by atomic mass is 32.1. The van der Waals surface area contributed by atoms with Crippen LogP contribution < -0.4 is 5.32 Å². The van der Waals surface area contributed by atoms with Crippen LogP contribution in [0.15, 0.2) is 42.0 Å². The molecule has 0 aromatic heterocycles. The van der Waals surface area contributed by atoms with E-state index in [1.807, 2.05) is 44.2 Å². The van der Waals surface area contributed by atoms with E-state index in [1.54, 1.807) is 6.08 Å². The number of hydrogen-bond acceptors (Lipinski definition) is 3. The fourth-order valence-corrected chi connectivity index (χ4v) is 2.33. The molecule has 1 saturated heterocycles. The minimum absolute atomic E-state index is 0.0929. The van der Waals surface area contributed by atoms with Crippen molar-refractivity contribution in [3.8, 4) is 0 Å². The summed E-state index contributed by atoms with van der Waals surface area (Å²) in [5.74, 6) is -0.815. The second-order valence-electron chi connectivity index (χ2n) is 4.60. The summed E-state index contributed by atoms with van der Waals surface area (Å²) in [6.07, 6.45) is 5.10. The van der Waals surface area contributed by atoms with E-state index >= 15 is 0 Å². The van der Waals surface area contributed by atoms with Crippen molar-refractivity contribution >= 4 is 35.2 Å². The highest BCUT2D eigenvalue weighted by Crippen LogP contribution is 2.12. The van der Waals surface area contributed by atoms with Crippen LogP contribution in [0.3, 0.4) is 0 Å².